The Morgan fingerprint density at radius 1 is 1.05 bits per heavy atom. The molecule has 3 fully saturated rings. The SMILES string of the molecule is O=C(C1CC(N(CCN2CCOCC2)C(=O)c2cccs2)CN1C(=O)c1ccc(F)cc1)N1CCNCC1. The third-order valence-corrected chi connectivity index (χ3v) is 8.40. The van der Waals surface area contributed by atoms with Crippen molar-refractivity contribution in [1.82, 2.24) is 24.9 Å². The molecule has 2 aromatic rings. The van der Waals surface area contributed by atoms with Crippen LogP contribution in [0.1, 0.15) is 26.5 Å². The number of morpholine rings is 1. The number of nitrogens with one attached hydrogen (secondary N) is 1. The van der Waals surface area contributed by atoms with Crippen molar-refractivity contribution in [2.75, 3.05) is 72.1 Å². The highest BCUT2D eigenvalue weighted by molar-refractivity contribution is 7.12. The zero-order valence-corrected chi connectivity index (χ0v) is 22.2. The molecule has 0 bridgehead atoms. The number of amides is 3. The maximum atomic E-state index is 13.7. The van der Waals surface area contributed by atoms with Crippen molar-refractivity contribution in [3.63, 3.8) is 0 Å². The second-order valence-corrected chi connectivity index (χ2v) is 10.8. The molecule has 0 saturated carbocycles. The number of benzene rings is 1. The van der Waals surface area contributed by atoms with Gasteiger partial charge in [0.15, 0.2) is 0 Å². The van der Waals surface area contributed by atoms with Gasteiger partial charge in [0.05, 0.1) is 24.1 Å². The fourth-order valence-corrected chi connectivity index (χ4v) is 6.10. The predicted octanol–water partition coefficient (Wildman–Crippen LogP) is 1.38. The molecule has 2 unspecified atom stereocenters. The van der Waals surface area contributed by atoms with Crippen molar-refractivity contribution in [3.8, 4) is 0 Å². The Bertz CT molecular complexity index is 1100. The largest absolute Gasteiger partial charge is 0.379 e. The number of carbonyl (C=O) groups is 3. The van der Waals surface area contributed by atoms with Gasteiger partial charge in [0.1, 0.15) is 11.9 Å². The van der Waals surface area contributed by atoms with Gasteiger partial charge in [-0.05, 0) is 42.1 Å². The van der Waals surface area contributed by atoms with Gasteiger partial charge in [0.25, 0.3) is 11.8 Å². The normalized spacial score (nSPS) is 22.4. The summed E-state index contributed by atoms with van der Waals surface area (Å²) in [6.07, 6.45) is 0.371. The Labute approximate surface area is 226 Å². The molecule has 5 rings (SSSR count). The molecular formula is C27H34FN5O4S. The summed E-state index contributed by atoms with van der Waals surface area (Å²) < 4.78 is 19.0. The topological polar surface area (TPSA) is 85.4 Å². The molecule has 0 aliphatic carbocycles. The maximum Gasteiger partial charge on any atom is 0.264 e. The monoisotopic (exact) mass is 543 g/mol. The Kier molecular flexibility index (Phi) is 8.68. The van der Waals surface area contributed by atoms with E-state index in [0.29, 0.717) is 69.3 Å². The van der Waals surface area contributed by atoms with E-state index in [4.69, 9.17) is 4.74 Å². The van der Waals surface area contributed by atoms with E-state index >= 15 is 0 Å². The number of hydrogen-bond acceptors (Lipinski definition) is 7. The van der Waals surface area contributed by atoms with Crippen LogP contribution in [0.3, 0.4) is 0 Å². The van der Waals surface area contributed by atoms with Crippen LogP contribution < -0.4 is 5.32 Å². The molecule has 38 heavy (non-hydrogen) atoms. The predicted molar refractivity (Wildman–Crippen MR) is 142 cm³/mol. The second kappa shape index (κ2) is 12.3. The zero-order chi connectivity index (χ0) is 26.5. The lowest BCUT2D eigenvalue weighted by Crippen LogP contribution is -2.53. The van der Waals surface area contributed by atoms with Crippen LogP contribution in [0.2, 0.25) is 0 Å². The van der Waals surface area contributed by atoms with Crippen LogP contribution in [0.25, 0.3) is 0 Å². The Balaban J connectivity index is 1.40. The quantitative estimate of drug-likeness (QED) is 0.568. The van der Waals surface area contributed by atoms with Gasteiger partial charge in [-0.3, -0.25) is 19.3 Å². The first-order chi connectivity index (χ1) is 18.5. The van der Waals surface area contributed by atoms with E-state index in [9.17, 15) is 18.8 Å². The van der Waals surface area contributed by atoms with Crippen molar-refractivity contribution in [2.24, 2.45) is 0 Å². The molecule has 1 aromatic heterocycles. The highest BCUT2D eigenvalue weighted by atomic mass is 32.1. The molecule has 3 saturated heterocycles. The van der Waals surface area contributed by atoms with E-state index in [-0.39, 0.29) is 30.3 Å². The van der Waals surface area contributed by atoms with E-state index in [2.05, 4.69) is 10.2 Å². The molecule has 0 spiro atoms. The first-order valence-electron chi connectivity index (χ1n) is 13.2. The molecule has 1 N–H and O–H groups in total. The molecular weight excluding hydrogens is 509 g/mol. The highest BCUT2D eigenvalue weighted by Gasteiger charge is 2.45. The van der Waals surface area contributed by atoms with Crippen LogP contribution in [-0.2, 0) is 9.53 Å². The minimum atomic E-state index is -0.683. The summed E-state index contributed by atoms with van der Waals surface area (Å²) in [6.45, 7) is 6.96. The molecule has 11 heteroatoms. The molecule has 3 aliphatic rings. The van der Waals surface area contributed by atoms with Crippen LogP contribution in [0.15, 0.2) is 41.8 Å². The minimum absolute atomic E-state index is 0.0808. The number of carbonyl (C=O) groups excluding carboxylic acids is 3. The van der Waals surface area contributed by atoms with Gasteiger partial charge < -0.3 is 24.8 Å². The summed E-state index contributed by atoms with van der Waals surface area (Å²) in [6, 6.07) is 8.08. The summed E-state index contributed by atoms with van der Waals surface area (Å²) in [7, 11) is 0. The molecule has 1 aromatic carbocycles. The number of thiophene rings is 1. The van der Waals surface area contributed by atoms with Crippen molar-refractivity contribution in [2.45, 2.75) is 18.5 Å². The molecule has 3 amide bonds. The number of ether oxygens (including phenoxy) is 1. The van der Waals surface area contributed by atoms with Crippen LogP contribution in [-0.4, -0.2) is 122 Å². The summed E-state index contributed by atoms with van der Waals surface area (Å²) in [5, 5.41) is 5.13. The maximum absolute atomic E-state index is 13.7. The molecule has 9 nitrogen and oxygen atoms in total. The summed E-state index contributed by atoms with van der Waals surface area (Å²) >= 11 is 1.39. The van der Waals surface area contributed by atoms with Gasteiger partial charge >= 0.3 is 0 Å². The number of halogens is 1. The van der Waals surface area contributed by atoms with Gasteiger partial charge in [-0.25, -0.2) is 4.39 Å². The number of nitrogens with zero attached hydrogens (tertiary/aromatic N) is 4. The first-order valence-corrected chi connectivity index (χ1v) is 14.1. The Morgan fingerprint density at radius 2 is 1.79 bits per heavy atom. The summed E-state index contributed by atoms with van der Waals surface area (Å²) in [4.78, 5) is 49.1. The van der Waals surface area contributed by atoms with Gasteiger partial charge in [0.2, 0.25) is 5.91 Å². The number of piperazine rings is 1. The standard InChI is InChI=1S/C27H34FN5O4S/c28-21-5-3-20(4-6-21)25(34)33-19-22(18-23(33)26(35)31-9-7-29-8-10-31)32(27(36)24-2-1-17-38-24)12-11-30-13-15-37-16-14-30/h1-6,17,22-23,29H,7-16,18-19H2. The van der Waals surface area contributed by atoms with Crippen molar-refractivity contribution in [1.29, 1.82) is 0 Å². The van der Waals surface area contributed by atoms with Crippen molar-refractivity contribution in [3.05, 3.63) is 58.0 Å². The lowest BCUT2D eigenvalue weighted by molar-refractivity contribution is -0.135. The van der Waals surface area contributed by atoms with Gasteiger partial charge in [-0.1, -0.05) is 6.07 Å². The Hall–Kier alpha value is -2.86. The van der Waals surface area contributed by atoms with Crippen LogP contribution >= 0.6 is 11.3 Å². The minimum Gasteiger partial charge on any atom is -0.379 e. The summed E-state index contributed by atoms with van der Waals surface area (Å²) in [5.74, 6) is -0.924. The molecule has 3 aliphatic heterocycles. The van der Waals surface area contributed by atoms with E-state index in [1.54, 1.807) is 9.80 Å². The van der Waals surface area contributed by atoms with Gasteiger partial charge in [-0.2, -0.15) is 0 Å². The third-order valence-electron chi connectivity index (χ3n) is 7.54. The number of likely N-dealkylation sites (tertiary alicyclic amines) is 1. The average molecular weight is 544 g/mol. The van der Waals surface area contributed by atoms with Gasteiger partial charge in [-0.15, -0.1) is 11.3 Å². The molecule has 204 valence electrons. The van der Waals surface area contributed by atoms with Crippen molar-refractivity contribution >= 4 is 29.1 Å². The van der Waals surface area contributed by atoms with Crippen molar-refractivity contribution < 1.29 is 23.5 Å². The summed E-state index contributed by atoms with van der Waals surface area (Å²) in [5.41, 5.74) is 0.328. The average Bonchev–Trinajstić information content (AvgIpc) is 3.65. The van der Waals surface area contributed by atoms with Crippen LogP contribution in [0, 0.1) is 5.82 Å². The molecule has 4 heterocycles. The van der Waals surface area contributed by atoms with E-state index in [0.717, 1.165) is 13.1 Å². The lowest BCUT2D eigenvalue weighted by atomic mass is 10.1. The number of rotatable bonds is 7. The van der Waals surface area contributed by atoms with E-state index < -0.39 is 11.9 Å². The first kappa shape index (κ1) is 26.7. The molecule has 0 radical (unpaired) electrons. The zero-order valence-electron chi connectivity index (χ0n) is 21.4. The number of hydrogen-bond donors (Lipinski definition) is 1. The smallest absolute Gasteiger partial charge is 0.264 e. The lowest BCUT2D eigenvalue weighted by Gasteiger charge is -2.33. The molecule has 2 atom stereocenters. The van der Waals surface area contributed by atoms with E-state index in [1.807, 2.05) is 22.4 Å². The van der Waals surface area contributed by atoms with Gasteiger partial charge in [0, 0.05) is 64.5 Å². The van der Waals surface area contributed by atoms with Crippen LogP contribution in [0.5, 0.6) is 0 Å². The van der Waals surface area contributed by atoms with Crippen LogP contribution in [0.4, 0.5) is 4.39 Å². The van der Waals surface area contributed by atoms with E-state index in [1.165, 1.54) is 35.6 Å². The highest BCUT2D eigenvalue weighted by Crippen LogP contribution is 2.28. The fourth-order valence-electron chi connectivity index (χ4n) is 5.42. The third kappa shape index (κ3) is 6.06. The Morgan fingerprint density at radius 3 is 2.47 bits per heavy atom. The second-order valence-electron chi connectivity index (χ2n) is 9.87. The fraction of sp³-hybridized carbons (Fsp3) is 0.519.